The van der Waals surface area contributed by atoms with Gasteiger partial charge in [0, 0.05) is 24.3 Å². The number of anilines is 1. The third-order valence-electron chi connectivity index (χ3n) is 3.60. The van der Waals surface area contributed by atoms with Gasteiger partial charge >= 0.3 is 0 Å². The summed E-state index contributed by atoms with van der Waals surface area (Å²) in [6.07, 6.45) is 0. The minimum atomic E-state index is -0.166. The summed E-state index contributed by atoms with van der Waals surface area (Å²) in [6, 6.07) is 12.2. The Labute approximate surface area is 163 Å². The molecule has 2 amide bonds. The molecule has 5 nitrogen and oxygen atoms in total. The molecule has 138 valence electrons. The number of nitrogens with zero attached hydrogens (tertiary/aromatic N) is 1. The Balaban J connectivity index is 1.92. The quantitative estimate of drug-likeness (QED) is 0.751. The summed E-state index contributed by atoms with van der Waals surface area (Å²) in [6.45, 7) is 3.16. The van der Waals surface area contributed by atoms with E-state index in [0.717, 1.165) is 5.56 Å². The first-order valence-corrected chi connectivity index (χ1v) is 8.95. The maximum Gasteiger partial charge on any atom is 0.251 e. The van der Waals surface area contributed by atoms with Gasteiger partial charge in [0.2, 0.25) is 5.91 Å². The van der Waals surface area contributed by atoms with E-state index in [1.807, 2.05) is 24.9 Å². The van der Waals surface area contributed by atoms with Gasteiger partial charge in [0.15, 0.2) is 0 Å². The summed E-state index contributed by atoms with van der Waals surface area (Å²) in [4.78, 5) is 26.0. The Kier molecular flexibility index (Phi) is 7.45. The third-order valence-corrected chi connectivity index (χ3v) is 4.33. The third kappa shape index (κ3) is 6.02. The molecular formula is C19H21Cl2N3O2. The highest BCUT2D eigenvalue weighted by molar-refractivity contribution is 6.42. The molecule has 2 aromatic carbocycles. The van der Waals surface area contributed by atoms with E-state index < -0.39 is 0 Å². The van der Waals surface area contributed by atoms with E-state index in [4.69, 9.17) is 23.2 Å². The van der Waals surface area contributed by atoms with E-state index in [1.54, 1.807) is 36.4 Å². The van der Waals surface area contributed by atoms with Gasteiger partial charge in [-0.05, 0) is 49.9 Å². The molecule has 7 heteroatoms. The smallest absolute Gasteiger partial charge is 0.251 e. The van der Waals surface area contributed by atoms with Crippen LogP contribution >= 0.6 is 23.2 Å². The van der Waals surface area contributed by atoms with Gasteiger partial charge in [0.25, 0.3) is 5.91 Å². The molecule has 0 spiro atoms. The van der Waals surface area contributed by atoms with Crippen molar-refractivity contribution in [2.75, 3.05) is 25.5 Å². The van der Waals surface area contributed by atoms with Gasteiger partial charge in [-0.25, -0.2) is 0 Å². The SMILES string of the molecule is CCNC(=O)c1cccc(NC(=O)CN(C)Cc2ccc(Cl)c(Cl)c2)c1. The van der Waals surface area contributed by atoms with Crippen molar-refractivity contribution in [2.24, 2.45) is 0 Å². The summed E-state index contributed by atoms with van der Waals surface area (Å²) in [7, 11) is 1.84. The summed E-state index contributed by atoms with van der Waals surface area (Å²) in [5, 5.41) is 6.53. The van der Waals surface area contributed by atoms with Gasteiger partial charge in [-0.3, -0.25) is 14.5 Å². The molecule has 0 aliphatic carbocycles. The molecule has 0 aliphatic heterocycles. The van der Waals surface area contributed by atoms with Crippen LogP contribution in [0.15, 0.2) is 42.5 Å². The number of rotatable bonds is 7. The molecule has 0 radical (unpaired) electrons. The van der Waals surface area contributed by atoms with Gasteiger partial charge in [-0.15, -0.1) is 0 Å². The van der Waals surface area contributed by atoms with Gasteiger partial charge < -0.3 is 10.6 Å². The maximum atomic E-state index is 12.2. The molecule has 0 unspecified atom stereocenters. The lowest BCUT2D eigenvalue weighted by molar-refractivity contribution is -0.117. The Morgan fingerprint density at radius 1 is 1.08 bits per heavy atom. The van der Waals surface area contributed by atoms with Crippen molar-refractivity contribution in [1.29, 1.82) is 0 Å². The highest BCUT2D eigenvalue weighted by atomic mass is 35.5. The van der Waals surface area contributed by atoms with E-state index in [1.165, 1.54) is 0 Å². The van der Waals surface area contributed by atoms with Crippen LogP contribution in [0.25, 0.3) is 0 Å². The lowest BCUT2D eigenvalue weighted by atomic mass is 10.2. The summed E-state index contributed by atoms with van der Waals surface area (Å²) < 4.78 is 0. The minimum Gasteiger partial charge on any atom is -0.352 e. The number of halogens is 2. The lowest BCUT2D eigenvalue weighted by Gasteiger charge is -2.17. The van der Waals surface area contributed by atoms with Crippen LogP contribution in [0.3, 0.4) is 0 Å². The van der Waals surface area contributed by atoms with Gasteiger partial charge in [0.1, 0.15) is 0 Å². The molecule has 2 N–H and O–H groups in total. The van der Waals surface area contributed by atoms with Crippen molar-refractivity contribution in [3.63, 3.8) is 0 Å². The maximum absolute atomic E-state index is 12.2. The van der Waals surface area contributed by atoms with Crippen LogP contribution < -0.4 is 10.6 Å². The van der Waals surface area contributed by atoms with Crippen molar-refractivity contribution in [3.05, 3.63) is 63.6 Å². The zero-order valence-electron chi connectivity index (χ0n) is 14.7. The van der Waals surface area contributed by atoms with Crippen molar-refractivity contribution >= 4 is 40.7 Å². The number of hydrogen-bond acceptors (Lipinski definition) is 3. The number of benzene rings is 2. The molecule has 0 heterocycles. The molecule has 0 bridgehead atoms. The molecular weight excluding hydrogens is 373 g/mol. The number of amides is 2. The largest absolute Gasteiger partial charge is 0.352 e. The lowest BCUT2D eigenvalue weighted by Crippen LogP contribution is -2.30. The first-order chi connectivity index (χ1) is 12.4. The Morgan fingerprint density at radius 2 is 1.85 bits per heavy atom. The fourth-order valence-electron chi connectivity index (χ4n) is 2.45. The average molecular weight is 394 g/mol. The minimum absolute atomic E-state index is 0.166. The van der Waals surface area contributed by atoms with Crippen molar-refractivity contribution in [2.45, 2.75) is 13.5 Å². The van der Waals surface area contributed by atoms with E-state index in [0.29, 0.717) is 34.4 Å². The monoisotopic (exact) mass is 393 g/mol. The number of carbonyl (C=O) groups is 2. The van der Waals surface area contributed by atoms with Crippen molar-refractivity contribution in [1.82, 2.24) is 10.2 Å². The topological polar surface area (TPSA) is 61.4 Å². The second-order valence-electron chi connectivity index (χ2n) is 5.91. The summed E-state index contributed by atoms with van der Waals surface area (Å²) >= 11 is 11.9. The zero-order chi connectivity index (χ0) is 19.1. The predicted octanol–water partition coefficient (Wildman–Crippen LogP) is 3.81. The molecule has 0 fully saturated rings. The number of hydrogen-bond donors (Lipinski definition) is 2. The molecule has 0 saturated heterocycles. The fourth-order valence-corrected chi connectivity index (χ4v) is 2.77. The van der Waals surface area contributed by atoms with Crippen LogP contribution in [-0.4, -0.2) is 36.9 Å². The van der Waals surface area contributed by atoms with Crippen LogP contribution in [0.2, 0.25) is 10.0 Å². The van der Waals surface area contributed by atoms with E-state index in [-0.39, 0.29) is 18.4 Å². The Morgan fingerprint density at radius 3 is 2.54 bits per heavy atom. The van der Waals surface area contributed by atoms with E-state index in [9.17, 15) is 9.59 Å². The number of likely N-dealkylation sites (N-methyl/N-ethyl adjacent to an activating group) is 1. The Bertz CT molecular complexity index is 796. The molecule has 0 saturated carbocycles. The van der Waals surface area contributed by atoms with E-state index >= 15 is 0 Å². The van der Waals surface area contributed by atoms with Crippen LogP contribution in [-0.2, 0) is 11.3 Å². The second kappa shape index (κ2) is 9.57. The van der Waals surface area contributed by atoms with Crippen molar-refractivity contribution < 1.29 is 9.59 Å². The Hall–Kier alpha value is -2.08. The van der Waals surface area contributed by atoms with Gasteiger partial charge in [-0.1, -0.05) is 35.3 Å². The van der Waals surface area contributed by atoms with Gasteiger partial charge in [0.05, 0.1) is 16.6 Å². The van der Waals surface area contributed by atoms with Crippen LogP contribution in [0, 0.1) is 0 Å². The fraction of sp³-hybridized carbons (Fsp3) is 0.263. The molecule has 2 rings (SSSR count). The summed E-state index contributed by atoms with van der Waals surface area (Å²) in [5.41, 5.74) is 2.06. The van der Waals surface area contributed by atoms with Crippen molar-refractivity contribution in [3.8, 4) is 0 Å². The molecule has 26 heavy (non-hydrogen) atoms. The van der Waals surface area contributed by atoms with E-state index in [2.05, 4.69) is 10.6 Å². The predicted molar refractivity (Wildman–Crippen MR) is 106 cm³/mol. The first-order valence-electron chi connectivity index (χ1n) is 8.19. The summed E-state index contributed by atoms with van der Waals surface area (Å²) in [5.74, 6) is -0.332. The first kappa shape index (κ1) is 20.2. The normalized spacial score (nSPS) is 10.7. The molecule has 0 atom stereocenters. The standard InChI is InChI=1S/C19H21Cl2N3O2/c1-3-22-19(26)14-5-4-6-15(10-14)23-18(25)12-24(2)11-13-7-8-16(20)17(21)9-13/h4-10H,3,11-12H2,1-2H3,(H,22,26)(H,23,25). The molecule has 0 aliphatic rings. The van der Waals surface area contributed by atoms with Crippen LogP contribution in [0.1, 0.15) is 22.8 Å². The number of carbonyl (C=O) groups excluding carboxylic acids is 2. The van der Waals surface area contributed by atoms with Crippen LogP contribution in [0.5, 0.6) is 0 Å². The molecule has 2 aromatic rings. The van der Waals surface area contributed by atoms with Gasteiger partial charge in [-0.2, -0.15) is 0 Å². The number of nitrogens with one attached hydrogen (secondary N) is 2. The zero-order valence-corrected chi connectivity index (χ0v) is 16.2. The highest BCUT2D eigenvalue weighted by Crippen LogP contribution is 2.23. The highest BCUT2D eigenvalue weighted by Gasteiger charge is 2.10. The van der Waals surface area contributed by atoms with Crippen LogP contribution in [0.4, 0.5) is 5.69 Å². The second-order valence-corrected chi connectivity index (χ2v) is 6.72. The average Bonchev–Trinajstić information content (AvgIpc) is 2.58. The molecule has 0 aromatic heterocycles.